The highest BCUT2D eigenvalue weighted by atomic mass is 35.5. The summed E-state index contributed by atoms with van der Waals surface area (Å²) in [6.45, 7) is 8.45. The van der Waals surface area contributed by atoms with E-state index in [0.717, 1.165) is 30.6 Å². The molecule has 0 radical (unpaired) electrons. The molecule has 0 bridgehead atoms. The molecule has 1 unspecified atom stereocenters. The number of nitrogens with zero attached hydrogens (tertiary/aromatic N) is 3. The molecule has 0 saturated heterocycles. The van der Waals surface area contributed by atoms with E-state index in [1.54, 1.807) is 18.5 Å². The molecule has 1 aromatic carbocycles. The second-order valence-electron chi connectivity index (χ2n) is 9.06. The van der Waals surface area contributed by atoms with Crippen molar-refractivity contribution >= 4 is 23.3 Å². The lowest BCUT2D eigenvalue weighted by Crippen LogP contribution is -2.45. The maximum absolute atomic E-state index is 13.6. The molecule has 0 spiro atoms. The molecule has 2 N–H and O–H groups in total. The minimum Gasteiger partial charge on any atom is -0.363 e. The van der Waals surface area contributed by atoms with Gasteiger partial charge in [0.05, 0.1) is 23.3 Å². The Morgan fingerprint density at radius 2 is 1.91 bits per heavy atom. The number of benzene rings is 1. The highest BCUT2D eigenvalue weighted by molar-refractivity contribution is 6.29. The van der Waals surface area contributed by atoms with Crippen molar-refractivity contribution in [3.05, 3.63) is 76.7 Å². The van der Waals surface area contributed by atoms with Gasteiger partial charge in [0.1, 0.15) is 16.5 Å². The molecular weight excluding hydrogens is 422 g/mol. The van der Waals surface area contributed by atoms with E-state index in [1.807, 2.05) is 28.9 Å². The van der Waals surface area contributed by atoms with E-state index in [9.17, 15) is 4.79 Å². The Labute approximate surface area is 194 Å². The van der Waals surface area contributed by atoms with Gasteiger partial charge >= 0.3 is 0 Å². The summed E-state index contributed by atoms with van der Waals surface area (Å²) in [7, 11) is 0. The number of carbonyl (C=O) groups excluding carboxylic acids is 1. The van der Waals surface area contributed by atoms with Gasteiger partial charge in [-0.1, -0.05) is 61.8 Å². The summed E-state index contributed by atoms with van der Waals surface area (Å²) in [5, 5.41) is 11.9. The summed E-state index contributed by atoms with van der Waals surface area (Å²) in [5.74, 6) is 0.602. The number of anilines is 1. The van der Waals surface area contributed by atoms with E-state index < -0.39 is 5.54 Å². The first-order valence-corrected chi connectivity index (χ1v) is 11.5. The van der Waals surface area contributed by atoms with Crippen molar-refractivity contribution < 1.29 is 4.79 Å². The van der Waals surface area contributed by atoms with Crippen molar-refractivity contribution in [3.63, 3.8) is 0 Å². The number of nitrogens with one attached hydrogen (secondary N) is 2. The van der Waals surface area contributed by atoms with Crippen LogP contribution in [0.25, 0.3) is 0 Å². The zero-order valence-corrected chi connectivity index (χ0v) is 19.8. The lowest BCUT2D eigenvalue weighted by Gasteiger charge is -2.38. The minimum absolute atomic E-state index is 0.101. The first kappa shape index (κ1) is 22.3. The van der Waals surface area contributed by atoms with Crippen LogP contribution in [-0.4, -0.2) is 20.7 Å². The van der Waals surface area contributed by atoms with Crippen LogP contribution < -0.4 is 10.6 Å². The Kier molecular flexibility index (Phi) is 5.99. The topological polar surface area (TPSA) is 71.8 Å². The van der Waals surface area contributed by atoms with Crippen molar-refractivity contribution in [2.45, 2.75) is 64.1 Å². The minimum atomic E-state index is -0.535. The van der Waals surface area contributed by atoms with Gasteiger partial charge in [0, 0.05) is 6.20 Å². The van der Waals surface area contributed by atoms with Gasteiger partial charge in [-0.15, -0.1) is 0 Å². The molecule has 6 nitrogen and oxygen atoms in total. The smallest absolute Gasteiger partial charge is 0.257 e. The maximum atomic E-state index is 13.6. The molecule has 4 rings (SSSR count). The molecule has 1 aliphatic heterocycles. The first-order chi connectivity index (χ1) is 15.3. The van der Waals surface area contributed by atoms with Gasteiger partial charge in [-0.25, -0.2) is 9.67 Å². The number of hydrogen-bond acceptors (Lipinski definition) is 4. The van der Waals surface area contributed by atoms with Crippen molar-refractivity contribution in [1.82, 2.24) is 20.1 Å². The summed E-state index contributed by atoms with van der Waals surface area (Å²) >= 11 is 5.99. The Morgan fingerprint density at radius 1 is 1.19 bits per heavy atom. The molecule has 0 fully saturated rings. The maximum Gasteiger partial charge on any atom is 0.257 e. The quantitative estimate of drug-likeness (QED) is 0.473. The van der Waals surface area contributed by atoms with Crippen LogP contribution in [0.1, 0.15) is 74.5 Å². The second kappa shape index (κ2) is 8.58. The second-order valence-corrected chi connectivity index (χ2v) is 9.44. The van der Waals surface area contributed by atoms with Crippen molar-refractivity contribution in [3.8, 4) is 0 Å². The third kappa shape index (κ3) is 3.99. The van der Waals surface area contributed by atoms with Gasteiger partial charge in [-0.2, -0.15) is 5.10 Å². The zero-order chi connectivity index (χ0) is 22.9. The standard InChI is InChI=1S/C25H30ClN5O/c1-5-25(6-2,18-12-13-21(26)27-15-18)30-23(32)19-16-28-31-22(19)29-20(14-24(31,3)4)17-10-8-7-9-11-17/h7-13,15-16,20,29H,5-6,14H2,1-4H3,(H,30,32). The molecule has 3 aromatic rings. The summed E-state index contributed by atoms with van der Waals surface area (Å²) in [4.78, 5) is 17.8. The third-order valence-electron chi connectivity index (χ3n) is 6.64. The van der Waals surface area contributed by atoms with Crippen molar-refractivity contribution in [2.24, 2.45) is 0 Å². The Bertz CT molecular complexity index is 1090. The SMILES string of the molecule is CCC(CC)(NC(=O)c1cnn2c1NC(c1ccccc1)CC2(C)C)c1ccc(Cl)nc1. The van der Waals surface area contributed by atoms with Crippen molar-refractivity contribution in [1.29, 1.82) is 0 Å². The average Bonchev–Trinajstić information content (AvgIpc) is 3.24. The van der Waals surface area contributed by atoms with Gasteiger partial charge in [0.15, 0.2) is 0 Å². The molecule has 1 aliphatic rings. The average molecular weight is 452 g/mol. The summed E-state index contributed by atoms with van der Waals surface area (Å²) in [6.07, 6.45) is 5.75. The van der Waals surface area contributed by atoms with E-state index in [1.165, 1.54) is 5.56 Å². The fourth-order valence-corrected chi connectivity index (χ4v) is 4.76. The van der Waals surface area contributed by atoms with E-state index in [2.05, 4.69) is 60.5 Å². The Morgan fingerprint density at radius 3 is 2.53 bits per heavy atom. The number of aromatic nitrogens is 3. The third-order valence-corrected chi connectivity index (χ3v) is 6.87. The first-order valence-electron chi connectivity index (χ1n) is 11.1. The van der Waals surface area contributed by atoms with E-state index in [4.69, 9.17) is 11.6 Å². The summed E-state index contributed by atoms with van der Waals surface area (Å²) in [5.41, 5.74) is 1.92. The van der Waals surface area contributed by atoms with Crippen molar-refractivity contribution in [2.75, 3.05) is 5.32 Å². The predicted octanol–water partition coefficient (Wildman–Crippen LogP) is 5.67. The van der Waals surface area contributed by atoms with Crippen LogP contribution in [0.2, 0.25) is 5.15 Å². The van der Waals surface area contributed by atoms with Gasteiger partial charge in [-0.3, -0.25) is 4.79 Å². The van der Waals surface area contributed by atoms with Crippen LogP contribution in [0.3, 0.4) is 0 Å². The lowest BCUT2D eigenvalue weighted by atomic mass is 9.85. The molecule has 1 atom stereocenters. The molecule has 3 heterocycles. The summed E-state index contributed by atoms with van der Waals surface area (Å²) in [6, 6.07) is 14.1. The number of rotatable bonds is 6. The van der Waals surface area contributed by atoms with Crippen LogP contribution in [-0.2, 0) is 11.1 Å². The number of halogens is 1. The fourth-order valence-electron chi connectivity index (χ4n) is 4.65. The molecule has 0 saturated carbocycles. The predicted molar refractivity (Wildman–Crippen MR) is 128 cm³/mol. The van der Waals surface area contributed by atoms with Gasteiger partial charge in [0.25, 0.3) is 5.91 Å². The largest absolute Gasteiger partial charge is 0.363 e. The molecule has 1 amide bonds. The zero-order valence-electron chi connectivity index (χ0n) is 19.0. The monoisotopic (exact) mass is 451 g/mol. The van der Waals surface area contributed by atoms with E-state index in [0.29, 0.717) is 10.7 Å². The molecule has 32 heavy (non-hydrogen) atoms. The van der Waals surface area contributed by atoms with Gasteiger partial charge < -0.3 is 10.6 Å². The number of pyridine rings is 1. The summed E-state index contributed by atoms with van der Waals surface area (Å²) < 4.78 is 1.94. The highest BCUT2D eigenvalue weighted by Gasteiger charge is 2.38. The molecule has 2 aromatic heterocycles. The van der Waals surface area contributed by atoms with Crippen LogP contribution in [0, 0.1) is 0 Å². The Hall–Kier alpha value is -2.86. The van der Waals surface area contributed by atoms with Crippen LogP contribution in [0.15, 0.2) is 54.9 Å². The lowest BCUT2D eigenvalue weighted by molar-refractivity contribution is 0.0889. The van der Waals surface area contributed by atoms with Crippen LogP contribution in [0.5, 0.6) is 0 Å². The Balaban J connectivity index is 1.67. The number of fused-ring (bicyclic) bond motifs is 1. The van der Waals surface area contributed by atoms with E-state index in [-0.39, 0.29) is 17.5 Å². The fraction of sp³-hybridized carbons (Fsp3) is 0.400. The molecule has 168 valence electrons. The number of amides is 1. The van der Waals surface area contributed by atoms with Crippen LogP contribution in [0.4, 0.5) is 5.82 Å². The molecular formula is C25H30ClN5O. The number of carbonyl (C=O) groups is 1. The van der Waals surface area contributed by atoms with Crippen LogP contribution >= 0.6 is 11.6 Å². The number of hydrogen-bond donors (Lipinski definition) is 2. The van der Waals surface area contributed by atoms with E-state index >= 15 is 0 Å². The van der Waals surface area contributed by atoms with Gasteiger partial charge in [0.2, 0.25) is 0 Å². The molecule has 7 heteroatoms. The normalized spacial score (nSPS) is 17.3. The molecule has 0 aliphatic carbocycles. The van der Waals surface area contributed by atoms with Gasteiger partial charge in [-0.05, 0) is 50.3 Å². The highest BCUT2D eigenvalue weighted by Crippen LogP contribution is 2.40.